The van der Waals surface area contributed by atoms with Crippen LogP contribution in [0.2, 0.25) is 0 Å². The normalized spacial score (nSPS) is 10.7. The number of hydrogen-bond donors (Lipinski definition) is 2. The Kier molecular flexibility index (Phi) is 7.44. The number of nitrogens with one attached hydrogen (secondary N) is 2. The standard InChI is InChI=1S/C22H28N2O4/c1-14(2)19-11-6-16(5)12-20(19)27-13-21(25)23-24-22(26)17-7-9-18(10-8-17)28-15(3)4/h6-12,14-15H,13H2,1-5H3,(H,23,25)(H,24,26). The number of ether oxygens (including phenoxy) is 2. The van der Waals surface area contributed by atoms with Crippen LogP contribution in [0.25, 0.3) is 0 Å². The highest BCUT2D eigenvalue weighted by atomic mass is 16.5. The second-order valence-corrected chi connectivity index (χ2v) is 7.18. The molecule has 0 saturated carbocycles. The van der Waals surface area contributed by atoms with Crippen LogP contribution >= 0.6 is 0 Å². The van der Waals surface area contributed by atoms with Crippen LogP contribution in [0.4, 0.5) is 0 Å². The Bertz CT molecular complexity index is 814. The number of aryl methyl sites for hydroxylation is 1. The van der Waals surface area contributed by atoms with Crippen LogP contribution in [0.3, 0.4) is 0 Å². The molecule has 0 fully saturated rings. The van der Waals surface area contributed by atoms with Gasteiger partial charge in [-0.15, -0.1) is 0 Å². The van der Waals surface area contributed by atoms with Crippen LogP contribution in [-0.4, -0.2) is 24.5 Å². The maximum Gasteiger partial charge on any atom is 0.276 e. The molecule has 0 saturated heterocycles. The summed E-state index contributed by atoms with van der Waals surface area (Å²) in [5.74, 6) is 0.786. The lowest BCUT2D eigenvalue weighted by atomic mass is 10.0. The zero-order valence-electron chi connectivity index (χ0n) is 17.0. The van der Waals surface area contributed by atoms with Crippen molar-refractivity contribution in [2.45, 2.75) is 46.6 Å². The third-order valence-electron chi connectivity index (χ3n) is 3.95. The summed E-state index contributed by atoms with van der Waals surface area (Å²) in [5.41, 5.74) is 7.25. The second-order valence-electron chi connectivity index (χ2n) is 7.18. The minimum Gasteiger partial charge on any atom is -0.491 e. The first-order valence-corrected chi connectivity index (χ1v) is 9.35. The molecule has 2 rings (SSSR count). The highest BCUT2D eigenvalue weighted by Gasteiger charge is 2.12. The number of amides is 2. The number of carbonyl (C=O) groups is 2. The van der Waals surface area contributed by atoms with Gasteiger partial charge in [-0.05, 0) is 68.1 Å². The van der Waals surface area contributed by atoms with E-state index < -0.39 is 11.8 Å². The lowest BCUT2D eigenvalue weighted by Gasteiger charge is -2.15. The van der Waals surface area contributed by atoms with Crippen molar-refractivity contribution in [1.82, 2.24) is 10.9 Å². The van der Waals surface area contributed by atoms with Crippen LogP contribution in [-0.2, 0) is 4.79 Å². The van der Waals surface area contributed by atoms with Crippen molar-refractivity contribution in [3.63, 3.8) is 0 Å². The zero-order chi connectivity index (χ0) is 20.7. The Hall–Kier alpha value is -3.02. The fraction of sp³-hybridized carbons (Fsp3) is 0.364. The summed E-state index contributed by atoms with van der Waals surface area (Å²) in [6.45, 7) is 9.77. The number of benzene rings is 2. The van der Waals surface area contributed by atoms with Gasteiger partial charge < -0.3 is 9.47 Å². The second kappa shape index (κ2) is 9.78. The van der Waals surface area contributed by atoms with Gasteiger partial charge >= 0.3 is 0 Å². The van der Waals surface area contributed by atoms with Crippen molar-refractivity contribution in [3.05, 3.63) is 59.2 Å². The Morgan fingerprint density at radius 1 is 0.964 bits per heavy atom. The van der Waals surface area contributed by atoms with Gasteiger partial charge in [0.2, 0.25) is 0 Å². The molecule has 2 aromatic rings. The van der Waals surface area contributed by atoms with Gasteiger partial charge in [0.15, 0.2) is 6.61 Å². The summed E-state index contributed by atoms with van der Waals surface area (Å²) in [6.07, 6.45) is 0.0589. The molecule has 2 amide bonds. The highest BCUT2D eigenvalue weighted by Crippen LogP contribution is 2.27. The molecular formula is C22H28N2O4. The van der Waals surface area contributed by atoms with E-state index in [1.807, 2.05) is 39.0 Å². The molecule has 0 bridgehead atoms. The summed E-state index contributed by atoms with van der Waals surface area (Å²) in [4.78, 5) is 24.2. The van der Waals surface area contributed by atoms with Gasteiger partial charge in [0.25, 0.3) is 11.8 Å². The summed E-state index contributed by atoms with van der Waals surface area (Å²) < 4.78 is 11.2. The molecule has 0 spiro atoms. The van der Waals surface area contributed by atoms with E-state index in [2.05, 4.69) is 24.7 Å². The molecule has 0 heterocycles. The summed E-state index contributed by atoms with van der Waals surface area (Å²) >= 11 is 0. The predicted octanol–water partition coefficient (Wildman–Crippen LogP) is 3.75. The first-order chi connectivity index (χ1) is 13.3. The molecule has 0 unspecified atom stereocenters. The van der Waals surface area contributed by atoms with Crippen LogP contribution in [0.5, 0.6) is 11.5 Å². The summed E-state index contributed by atoms with van der Waals surface area (Å²) in [6, 6.07) is 12.6. The van der Waals surface area contributed by atoms with Crippen molar-refractivity contribution in [2.75, 3.05) is 6.61 Å². The first-order valence-electron chi connectivity index (χ1n) is 9.35. The molecule has 0 aromatic heterocycles. The molecule has 2 N–H and O–H groups in total. The maximum atomic E-state index is 12.1. The lowest BCUT2D eigenvalue weighted by molar-refractivity contribution is -0.123. The highest BCUT2D eigenvalue weighted by molar-refractivity contribution is 5.95. The molecule has 6 nitrogen and oxygen atoms in total. The molecule has 0 radical (unpaired) electrons. The predicted molar refractivity (Wildman–Crippen MR) is 109 cm³/mol. The minimum atomic E-state index is -0.440. The van der Waals surface area contributed by atoms with Crippen LogP contribution in [0.15, 0.2) is 42.5 Å². The zero-order valence-corrected chi connectivity index (χ0v) is 17.0. The van der Waals surface area contributed by atoms with Gasteiger partial charge in [-0.1, -0.05) is 26.0 Å². The summed E-state index contributed by atoms with van der Waals surface area (Å²) in [7, 11) is 0. The average molecular weight is 384 g/mol. The maximum absolute atomic E-state index is 12.1. The quantitative estimate of drug-likeness (QED) is 0.713. The largest absolute Gasteiger partial charge is 0.491 e. The molecule has 0 atom stereocenters. The molecule has 6 heteroatoms. The number of rotatable bonds is 7. The number of carbonyl (C=O) groups excluding carboxylic acids is 2. The van der Waals surface area contributed by atoms with Crippen LogP contribution in [0.1, 0.15) is 55.1 Å². The molecule has 150 valence electrons. The topological polar surface area (TPSA) is 76.7 Å². The monoisotopic (exact) mass is 384 g/mol. The van der Waals surface area contributed by atoms with Gasteiger partial charge in [0, 0.05) is 5.56 Å². The van der Waals surface area contributed by atoms with Crippen molar-refractivity contribution < 1.29 is 19.1 Å². The smallest absolute Gasteiger partial charge is 0.276 e. The Morgan fingerprint density at radius 3 is 2.25 bits per heavy atom. The molecule has 0 aliphatic carbocycles. The minimum absolute atomic E-state index is 0.0589. The van der Waals surface area contributed by atoms with E-state index in [9.17, 15) is 9.59 Å². The lowest BCUT2D eigenvalue weighted by Crippen LogP contribution is -2.43. The van der Waals surface area contributed by atoms with E-state index in [-0.39, 0.29) is 18.6 Å². The fourth-order valence-corrected chi connectivity index (χ4v) is 2.58. The third kappa shape index (κ3) is 6.30. The molecule has 2 aromatic carbocycles. The number of hydrazine groups is 1. The van der Waals surface area contributed by atoms with Gasteiger partial charge in [-0.25, -0.2) is 0 Å². The first kappa shape index (κ1) is 21.3. The van der Waals surface area contributed by atoms with Gasteiger partial charge in [0.05, 0.1) is 6.10 Å². The van der Waals surface area contributed by atoms with Crippen molar-refractivity contribution in [3.8, 4) is 11.5 Å². The van der Waals surface area contributed by atoms with Gasteiger partial charge in [-0.2, -0.15) is 0 Å². The molecule has 28 heavy (non-hydrogen) atoms. The Balaban J connectivity index is 1.85. The molecule has 0 aliphatic rings. The molecular weight excluding hydrogens is 356 g/mol. The average Bonchev–Trinajstić information content (AvgIpc) is 2.64. The van der Waals surface area contributed by atoms with E-state index in [1.54, 1.807) is 24.3 Å². The van der Waals surface area contributed by atoms with Crippen LogP contribution < -0.4 is 20.3 Å². The van der Waals surface area contributed by atoms with E-state index in [4.69, 9.17) is 9.47 Å². The fourth-order valence-electron chi connectivity index (χ4n) is 2.58. The van der Waals surface area contributed by atoms with Gasteiger partial charge in [-0.3, -0.25) is 20.4 Å². The third-order valence-corrected chi connectivity index (χ3v) is 3.95. The van der Waals surface area contributed by atoms with E-state index in [1.165, 1.54) is 0 Å². The Morgan fingerprint density at radius 2 is 1.64 bits per heavy atom. The summed E-state index contributed by atoms with van der Waals surface area (Å²) in [5, 5.41) is 0. The van der Waals surface area contributed by atoms with Crippen LogP contribution in [0, 0.1) is 6.92 Å². The van der Waals surface area contributed by atoms with E-state index in [0.717, 1.165) is 11.1 Å². The SMILES string of the molecule is Cc1ccc(C(C)C)c(OCC(=O)NNC(=O)c2ccc(OC(C)C)cc2)c1. The Labute approximate surface area is 166 Å². The van der Waals surface area contributed by atoms with Crippen molar-refractivity contribution in [2.24, 2.45) is 0 Å². The van der Waals surface area contributed by atoms with Gasteiger partial charge in [0.1, 0.15) is 11.5 Å². The molecule has 0 aliphatic heterocycles. The van der Waals surface area contributed by atoms with Crippen molar-refractivity contribution in [1.29, 1.82) is 0 Å². The van der Waals surface area contributed by atoms with E-state index >= 15 is 0 Å². The van der Waals surface area contributed by atoms with E-state index in [0.29, 0.717) is 17.1 Å². The van der Waals surface area contributed by atoms with Crippen molar-refractivity contribution >= 4 is 11.8 Å². The number of hydrogen-bond acceptors (Lipinski definition) is 4.